The highest BCUT2D eigenvalue weighted by Gasteiger charge is 2.31. The number of allylic oxidation sites excluding steroid dienone is 2. The summed E-state index contributed by atoms with van der Waals surface area (Å²) < 4.78 is 75.4. The largest absolute Gasteiger partial charge is 0.416 e. The van der Waals surface area contributed by atoms with Crippen LogP contribution in [0.3, 0.4) is 0 Å². The molecule has 0 heterocycles. The Morgan fingerprint density at radius 3 is 1.12 bits per heavy atom. The standard InChI is InChI=1S/C19H12F6O/c1-11(13-3-7-15(8-4-13)18(20,21)22)17(26)12(2)14-5-9-16(10-6-14)19(23,24)25/h3-10H,1-2H2. The van der Waals surface area contributed by atoms with Crippen LogP contribution in [-0.2, 0) is 17.1 Å². The van der Waals surface area contributed by atoms with E-state index < -0.39 is 29.3 Å². The molecular weight excluding hydrogens is 358 g/mol. The monoisotopic (exact) mass is 370 g/mol. The molecule has 1 nitrogen and oxygen atoms in total. The molecule has 0 spiro atoms. The van der Waals surface area contributed by atoms with Gasteiger partial charge in [-0.2, -0.15) is 26.3 Å². The third-order valence-corrected chi connectivity index (χ3v) is 3.67. The maximum Gasteiger partial charge on any atom is 0.416 e. The zero-order valence-electron chi connectivity index (χ0n) is 13.2. The molecule has 0 amide bonds. The van der Waals surface area contributed by atoms with E-state index in [1.807, 2.05) is 0 Å². The van der Waals surface area contributed by atoms with Gasteiger partial charge >= 0.3 is 12.4 Å². The van der Waals surface area contributed by atoms with Crippen molar-refractivity contribution in [3.63, 3.8) is 0 Å². The summed E-state index contributed by atoms with van der Waals surface area (Å²) in [5, 5.41) is 0. The molecule has 2 rings (SSSR count). The van der Waals surface area contributed by atoms with E-state index in [1.165, 1.54) is 0 Å². The van der Waals surface area contributed by atoms with Crippen molar-refractivity contribution in [1.82, 2.24) is 0 Å². The Morgan fingerprint density at radius 1 is 0.615 bits per heavy atom. The lowest BCUT2D eigenvalue weighted by molar-refractivity contribution is -0.138. The summed E-state index contributed by atoms with van der Waals surface area (Å²) in [5.41, 5.74) is -1.63. The van der Waals surface area contributed by atoms with E-state index in [1.54, 1.807) is 0 Å². The second-order valence-corrected chi connectivity index (χ2v) is 5.44. The summed E-state index contributed by atoms with van der Waals surface area (Å²) in [5.74, 6) is -0.676. The lowest BCUT2D eigenvalue weighted by Gasteiger charge is -2.11. The molecular formula is C19H12F6O. The number of halogens is 6. The minimum absolute atomic E-state index is 0.108. The Balaban J connectivity index is 2.20. The van der Waals surface area contributed by atoms with Gasteiger partial charge in [-0.3, -0.25) is 4.79 Å². The Kier molecular flexibility index (Phi) is 5.11. The minimum atomic E-state index is -4.51. The predicted molar refractivity (Wildman–Crippen MR) is 86.0 cm³/mol. The lowest BCUT2D eigenvalue weighted by Crippen LogP contribution is -2.07. The third-order valence-electron chi connectivity index (χ3n) is 3.67. The molecule has 0 aliphatic heterocycles. The molecule has 0 unspecified atom stereocenters. The van der Waals surface area contributed by atoms with Crippen LogP contribution in [-0.4, -0.2) is 5.78 Å². The molecule has 136 valence electrons. The highest BCUT2D eigenvalue weighted by Crippen LogP contribution is 2.32. The van der Waals surface area contributed by atoms with Gasteiger partial charge in [0, 0.05) is 11.1 Å². The van der Waals surface area contributed by atoms with Gasteiger partial charge in [0.15, 0.2) is 5.78 Å². The molecule has 0 radical (unpaired) electrons. The van der Waals surface area contributed by atoms with E-state index in [0.29, 0.717) is 0 Å². The molecule has 0 aromatic heterocycles. The van der Waals surface area contributed by atoms with Crippen LogP contribution in [0.25, 0.3) is 11.1 Å². The SMILES string of the molecule is C=C(C(=O)C(=C)c1ccc(C(F)(F)F)cc1)c1ccc(C(F)(F)F)cc1. The first kappa shape index (κ1) is 19.5. The molecule has 0 atom stereocenters. The number of benzene rings is 2. The summed E-state index contributed by atoms with van der Waals surface area (Å²) in [7, 11) is 0. The van der Waals surface area contributed by atoms with Gasteiger partial charge in [-0.15, -0.1) is 0 Å². The number of alkyl halides is 6. The first-order valence-electron chi connectivity index (χ1n) is 7.19. The van der Waals surface area contributed by atoms with Gasteiger partial charge in [-0.1, -0.05) is 37.4 Å². The molecule has 2 aromatic carbocycles. The van der Waals surface area contributed by atoms with Gasteiger partial charge in [-0.25, -0.2) is 0 Å². The van der Waals surface area contributed by atoms with E-state index >= 15 is 0 Å². The average molecular weight is 370 g/mol. The Morgan fingerprint density at radius 2 is 0.885 bits per heavy atom. The first-order chi connectivity index (χ1) is 11.9. The Bertz CT molecular complexity index is 768. The number of carbonyl (C=O) groups excluding carboxylic acids is 1. The maximum atomic E-state index is 12.6. The van der Waals surface area contributed by atoms with Crippen molar-refractivity contribution in [2.24, 2.45) is 0 Å². The van der Waals surface area contributed by atoms with Crippen molar-refractivity contribution in [1.29, 1.82) is 0 Å². The van der Waals surface area contributed by atoms with Gasteiger partial charge in [0.2, 0.25) is 0 Å². The van der Waals surface area contributed by atoms with Crippen LogP contribution in [0.5, 0.6) is 0 Å². The molecule has 7 heteroatoms. The van der Waals surface area contributed by atoms with Gasteiger partial charge in [0.1, 0.15) is 0 Å². The fraction of sp³-hybridized carbons (Fsp3) is 0.105. The number of hydrogen-bond donors (Lipinski definition) is 0. The van der Waals surface area contributed by atoms with Crippen LogP contribution >= 0.6 is 0 Å². The number of Topliss-reactive ketones (excluding diaryl/α,β-unsaturated/α-hetero) is 1. The number of carbonyl (C=O) groups is 1. The quantitative estimate of drug-likeness (QED) is 0.475. The second-order valence-electron chi connectivity index (χ2n) is 5.44. The van der Waals surface area contributed by atoms with Gasteiger partial charge in [0.25, 0.3) is 0 Å². The van der Waals surface area contributed by atoms with E-state index in [0.717, 1.165) is 48.5 Å². The fourth-order valence-corrected chi connectivity index (χ4v) is 2.17. The van der Waals surface area contributed by atoms with Crippen LogP contribution in [0, 0.1) is 0 Å². The summed E-state index contributed by atoms with van der Waals surface area (Å²) in [6, 6.07) is 7.66. The molecule has 0 bridgehead atoms. The number of hydrogen-bond acceptors (Lipinski definition) is 1. The number of rotatable bonds is 4. The van der Waals surface area contributed by atoms with Crippen LogP contribution in [0.2, 0.25) is 0 Å². The van der Waals surface area contributed by atoms with Gasteiger partial charge in [0.05, 0.1) is 11.1 Å². The molecule has 0 aliphatic rings. The molecule has 0 fully saturated rings. The van der Waals surface area contributed by atoms with Crippen molar-refractivity contribution >= 4 is 16.9 Å². The highest BCUT2D eigenvalue weighted by molar-refractivity contribution is 6.41. The maximum absolute atomic E-state index is 12.6. The third kappa shape index (κ3) is 4.22. The van der Waals surface area contributed by atoms with Crippen LogP contribution in [0.15, 0.2) is 61.7 Å². The van der Waals surface area contributed by atoms with Crippen LogP contribution < -0.4 is 0 Å². The van der Waals surface area contributed by atoms with Gasteiger partial charge in [-0.05, 0) is 35.4 Å². The van der Waals surface area contributed by atoms with Crippen molar-refractivity contribution in [2.75, 3.05) is 0 Å². The molecule has 0 N–H and O–H groups in total. The summed E-state index contributed by atoms with van der Waals surface area (Å²) in [4.78, 5) is 12.4. The van der Waals surface area contributed by atoms with Crippen LogP contribution in [0.1, 0.15) is 22.3 Å². The van der Waals surface area contributed by atoms with Gasteiger partial charge < -0.3 is 0 Å². The topological polar surface area (TPSA) is 17.1 Å². The van der Waals surface area contributed by atoms with Crippen LogP contribution in [0.4, 0.5) is 26.3 Å². The van der Waals surface area contributed by atoms with E-state index in [4.69, 9.17) is 0 Å². The fourth-order valence-electron chi connectivity index (χ4n) is 2.17. The smallest absolute Gasteiger partial charge is 0.289 e. The summed E-state index contributed by atoms with van der Waals surface area (Å²) in [6.07, 6.45) is -9.01. The van der Waals surface area contributed by atoms with Crippen molar-refractivity contribution in [3.05, 3.63) is 83.9 Å². The second kappa shape index (κ2) is 6.82. The van der Waals surface area contributed by atoms with E-state index in [9.17, 15) is 31.1 Å². The van der Waals surface area contributed by atoms with E-state index in [-0.39, 0.29) is 22.3 Å². The van der Waals surface area contributed by atoms with E-state index in [2.05, 4.69) is 13.2 Å². The highest BCUT2D eigenvalue weighted by atomic mass is 19.4. The van der Waals surface area contributed by atoms with Crippen molar-refractivity contribution in [3.8, 4) is 0 Å². The van der Waals surface area contributed by atoms with Crippen molar-refractivity contribution < 1.29 is 31.1 Å². The molecule has 0 saturated carbocycles. The average Bonchev–Trinajstić information content (AvgIpc) is 2.58. The number of ketones is 1. The molecule has 0 saturated heterocycles. The Hall–Kier alpha value is -2.83. The summed E-state index contributed by atoms with van der Waals surface area (Å²) in [6.45, 7) is 7.10. The molecule has 2 aromatic rings. The minimum Gasteiger partial charge on any atom is -0.289 e. The predicted octanol–water partition coefficient (Wildman–Crippen LogP) is 6.02. The van der Waals surface area contributed by atoms with Crippen molar-refractivity contribution in [2.45, 2.75) is 12.4 Å². The molecule has 26 heavy (non-hydrogen) atoms. The summed E-state index contributed by atoms with van der Waals surface area (Å²) >= 11 is 0. The lowest BCUT2D eigenvalue weighted by atomic mass is 9.93. The zero-order valence-corrected chi connectivity index (χ0v) is 13.2. The Labute approximate surface area is 145 Å². The zero-order chi connectivity index (χ0) is 19.7. The first-order valence-corrected chi connectivity index (χ1v) is 7.19. The normalized spacial score (nSPS) is 11.9. The molecule has 0 aliphatic carbocycles.